The van der Waals surface area contributed by atoms with Gasteiger partial charge >= 0.3 is 0 Å². The van der Waals surface area contributed by atoms with Gasteiger partial charge in [0.15, 0.2) is 11.8 Å². The molecule has 1 unspecified atom stereocenters. The van der Waals surface area contributed by atoms with E-state index in [4.69, 9.17) is 5.11 Å². The van der Waals surface area contributed by atoms with E-state index in [1.165, 1.54) is 32.3 Å². The summed E-state index contributed by atoms with van der Waals surface area (Å²) < 4.78 is 14.2. The number of anilines is 1. The van der Waals surface area contributed by atoms with Gasteiger partial charge in [-0.2, -0.15) is 0 Å². The van der Waals surface area contributed by atoms with Crippen molar-refractivity contribution in [1.82, 2.24) is 10.2 Å². The van der Waals surface area contributed by atoms with Crippen molar-refractivity contribution in [1.29, 1.82) is 0 Å². The van der Waals surface area contributed by atoms with Crippen LogP contribution in [0, 0.1) is 5.82 Å². The second kappa shape index (κ2) is 9.29. The Hall–Kier alpha value is -3.26. The number of hydrogen-bond donors (Lipinski definition) is 2. The van der Waals surface area contributed by atoms with E-state index in [2.05, 4.69) is 5.32 Å². The van der Waals surface area contributed by atoms with Gasteiger partial charge in [0, 0.05) is 33.8 Å². The Balaban J connectivity index is 2.27. The summed E-state index contributed by atoms with van der Waals surface area (Å²) in [5, 5.41) is 11.4. The Morgan fingerprint density at radius 1 is 1.03 bits per heavy atom. The van der Waals surface area contributed by atoms with E-state index in [-0.39, 0.29) is 11.4 Å². The number of nitrogens with one attached hydrogen (secondary N) is 1. The largest absolute Gasteiger partial charge is 0.388 e. The maximum Gasteiger partial charge on any atom is 0.254 e. The van der Waals surface area contributed by atoms with Crippen LogP contribution in [-0.2, 0) is 9.59 Å². The number of benzene rings is 2. The molecule has 0 aliphatic heterocycles. The van der Waals surface area contributed by atoms with Crippen LogP contribution in [0.15, 0.2) is 42.5 Å². The molecule has 2 amide bonds. The molecule has 8 heteroatoms. The van der Waals surface area contributed by atoms with Gasteiger partial charge in [0.05, 0.1) is 5.69 Å². The van der Waals surface area contributed by atoms with E-state index >= 15 is 0 Å². The zero-order valence-electron chi connectivity index (χ0n) is 16.8. The van der Waals surface area contributed by atoms with Gasteiger partial charge in [-0.1, -0.05) is 18.2 Å². The number of nitrogens with zero attached hydrogens (tertiary/aromatic N) is 2. The Kier molecular flexibility index (Phi) is 7.06. The number of likely N-dealkylation sites (N-methyl/N-ethyl adjacent to an activating group) is 2. The van der Waals surface area contributed by atoms with Crippen molar-refractivity contribution in [3.63, 3.8) is 0 Å². The van der Waals surface area contributed by atoms with Crippen LogP contribution in [0.2, 0.25) is 0 Å². The Morgan fingerprint density at radius 2 is 1.62 bits per heavy atom. The predicted octanol–water partition coefficient (Wildman–Crippen LogP) is 1.31. The fourth-order valence-electron chi connectivity index (χ4n) is 2.94. The molecular formula is C21H24FN3O4. The van der Waals surface area contributed by atoms with E-state index in [9.17, 15) is 18.8 Å². The number of Topliss-reactive ketones (excluding diaryl/α,β-unsaturated/α-hetero) is 1. The van der Waals surface area contributed by atoms with E-state index in [1.54, 1.807) is 43.3 Å². The lowest BCUT2D eigenvalue weighted by molar-refractivity contribution is -0.135. The zero-order chi connectivity index (χ0) is 21.7. The molecular weight excluding hydrogens is 377 g/mol. The summed E-state index contributed by atoms with van der Waals surface area (Å²) in [4.78, 5) is 39.2. The molecule has 2 aromatic rings. The molecule has 0 radical (unpaired) electrons. The number of aliphatic hydroxyl groups is 1. The highest BCUT2D eigenvalue weighted by molar-refractivity contribution is 6.10. The SMILES string of the molecule is CNC(=O)C(C(=O)CO)N(C)C(=O)c1ccc(-c2ccc(N(C)C)c(F)c2)cc1. The minimum absolute atomic E-state index is 0.251. The van der Waals surface area contributed by atoms with E-state index in [0.29, 0.717) is 16.8 Å². The summed E-state index contributed by atoms with van der Waals surface area (Å²) >= 11 is 0. The van der Waals surface area contributed by atoms with Gasteiger partial charge in [-0.3, -0.25) is 14.4 Å². The smallest absolute Gasteiger partial charge is 0.254 e. The van der Waals surface area contributed by atoms with Crippen molar-refractivity contribution in [2.45, 2.75) is 6.04 Å². The van der Waals surface area contributed by atoms with Crippen molar-refractivity contribution < 1.29 is 23.9 Å². The normalized spacial score (nSPS) is 11.5. The topological polar surface area (TPSA) is 90.0 Å². The quantitative estimate of drug-likeness (QED) is 0.683. The van der Waals surface area contributed by atoms with Crippen molar-refractivity contribution in [2.24, 2.45) is 0 Å². The fraction of sp³-hybridized carbons (Fsp3) is 0.286. The number of halogens is 1. The van der Waals surface area contributed by atoms with Crippen molar-refractivity contribution >= 4 is 23.3 Å². The zero-order valence-corrected chi connectivity index (χ0v) is 16.8. The van der Waals surface area contributed by atoms with Gasteiger partial charge in [-0.05, 0) is 35.4 Å². The van der Waals surface area contributed by atoms with Gasteiger partial charge in [-0.25, -0.2) is 4.39 Å². The number of hydrogen-bond acceptors (Lipinski definition) is 5. The maximum absolute atomic E-state index is 14.2. The number of carbonyl (C=O) groups excluding carboxylic acids is 3. The molecule has 0 fully saturated rings. The highest BCUT2D eigenvalue weighted by atomic mass is 19.1. The van der Waals surface area contributed by atoms with Crippen LogP contribution in [0.25, 0.3) is 11.1 Å². The van der Waals surface area contributed by atoms with Gasteiger partial charge in [0.1, 0.15) is 12.4 Å². The van der Waals surface area contributed by atoms with Crippen LogP contribution in [-0.4, -0.2) is 68.4 Å². The van der Waals surface area contributed by atoms with E-state index in [0.717, 1.165) is 4.90 Å². The highest BCUT2D eigenvalue weighted by Crippen LogP contribution is 2.26. The standard InChI is InChI=1S/C21H24FN3O4/c1-23-20(28)19(18(27)12-26)25(4)21(29)14-7-5-13(6-8-14)15-9-10-17(24(2)3)16(22)11-15/h5-11,19,26H,12H2,1-4H3,(H,23,28). The molecule has 2 aromatic carbocycles. The summed E-state index contributed by atoms with van der Waals surface area (Å²) in [6.45, 7) is -0.858. The Labute approximate surface area is 168 Å². The lowest BCUT2D eigenvalue weighted by atomic mass is 10.0. The molecule has 2 N–H and O–H groups in total. The van der Waals surface area contributed by atoms with Gasteiger partial charge in [0.2, 0.25) is 5.91 Å². The first-order chi connectivity index (χ1) is 13.7. The third-order valence-electron chi connectivity index (χ3n) is 4.56. The van der Waals surface area contributed by atoms with E-state index in [1.807, 2.05) is 0 Å². The summed E-state index contributed by atoms with van der Waals surface area (Å²) in [6.07, 6.45) is 0. The molecule has 29 heavy (non-hydrogen) atoms. The molecule has 0 aliphatic carbocycles. The molecule has 0 saturated carbocycles. The third kappa shape index (κ3) is 4.78. The van der Waals surface area contributed by atoms with Crippen molar-refractivity contribution in [3.05, 3.63) is 53.8 Å². The summed E-state index contributed by atoms with van der Waals surface area (Å²) in [6, 6.07) is 9.84. The molecule has 1 atom stereocenters. The third-order valence-corrected chi connectivity index (χ3v) is 4.56. The first kappa shape index (κ1) is 22.0. The average molecular weight is 401 g/mol. The second-order valence-electron chi connectivity index (χ2n) is 6.70. The lowest BCUT2D eigenvalue weighted by Gasteiger charge is -2.25. The molecule has 0 aliphatic rings. The molecule has 154 valence electrons. The molecule has 2 rings (SSSR count). The maximum atomic E-state index is 14.2. The molecule has 7 nitrogen and oxygen atoms in total. The number of amides is 2. The van der Waals surface area contributed by atoms with Crippen LogP contribution in [0.4, 0.5) is 10.1 Å². The van der Waals surface area contributed by atoms with Gasteiger partial charge in [-0.15, -0.1) is 0 Å². The van der Waals surface area contributed by atoms with Crippen LogP contribution >= 0.6 is 0 Å². The monoisotopic (exact) mass is 401 g/mol. The fourth-order valence-corrected chi connectivity index (χ4v) is 2.94. The van der Waals surface area contributed by atoms with Gasteiger partial charge in [0.25, 0.3) is 5.91 Å². The predicted molar refractivity (Wildman–Crippen MR) is 108 cm³/mol. The summed E-state index contributed by atoms with van der Waals surface area (Å²) in [7, 11) is 6.16. The Morgan fingerprint density at radius 3 is 2.10 bits per heavy atom. The number of carbonyl (C=O) groups is 3. The second-order valence-corrected chi connectivity index (χ2v) is 6.70. The van der Waals surface area contributed by atoms with Crippen molar-refractivity contribution in [3.8, 4) is 11.1 Å². The molecule has 0 bridgehead atoms. The highest BCUT2D eigenvalue weighted by Gasteiger charge is 2.32. The van der Waals surface area contributed by atoms with Crippen LogP contribution in [0.5, 0.6) is 0 Å². The first-order valence-electron chi connectivity index (χ1n) is 8.90. The number of rotatable bonds is 7. The number of aliphatic hydroxyl groups excluding tert-OH is 1. The minimum Gasteiger partial charge on any atom is -0.388 e. The summed E-state index contributed by atoms with van der Waals surface area (Å²) in [5.74, 6) is -2.38. The molecule has 0 saturated heterocycles. The number of ketones is 1. The molecule has 0 aromatic heterocycles. The van der Waals surface area contributed by atoms with E-state index < -0.39 is 30.2 Å². The molecule has 0 heterocycles. The van der Waals surface area contributed by atoms with Gasteiger partial charge < -0.3 is 20.2 Å². The summed E-state index contributed by atoms with van der Waals surface area (Å²) in [5.41, 5.74) is 2.08. The minimum atomic E-state index is -1.43. The molecule has 0 spiro atoms. The van der Waals surface area contributed by atoms with Crippen molar-refractivity contribution in [2.75, 3.05) is 39.7 Å². The van der Waals surface area contributed by atoms with Crippen LogP contribution < -0.4 is 10.2 Å². The first-order valence-corrected chi connectivity index (χ1v) is 8.90. The average Bonchev–Trinajstić information content (AvgIpc) is 2.72. The lowest BCUT2D eigenvalue weighted by Crippen LogP contribution is -2.52. The van der Waals surface area contributed by atoms with Crippen LogP contribution in [0.3, 0.4) is 0 Å². The van der Waals surface area contributed by atoms with Crippen LogP contribution in [0.1, 0.15) is 10.4 Å². The Bertz CT molecular complexity index is 897.